The van der Waals surface area contributed by atoms with Crippen molar-refractivity contribution in [3.05, 3.63) is 71.3 Å². The Morgan fingerprint density at radius 1 is 0.850 bits per heavy atom. The molecule has 0 N–H and O–H groups in total. The van der Waals surface area contributed by atoms with Gasteiger partial charge in [-0.25, -0.2) is 0 Å². The van der Waals surface area contributed by atoms with Crippen molar-refractivity contribution in [3.8, 4) is 0 Å². The van der Waals surface area contributed by atoms with Crippen LogP contribution in [0.2, 0.25) is 0 Å². The molecule has 20 heavy (non-hydrogen) atoms. The molecule has 0 aromatic heterocycles. The normalized spacial score (nSPS) is 11.3. The molecule has 0 aliphatic carbocycles. The Hall–Kier alpha value is -2.10. The minimum atomic E-state index is -4.38. The fourth-order valence-corrected chi connectivity index (χ4v) is 1.97. The van der Waals surface area contributed by atoms with E-state index in [0.717, 1.165) is 17.7 Å². The average molecular weight is 278 g/mol. The first-order valence-electron chi connectivity index (χ1n) is 6.17. The molecule has 0 spiro atoms. The topological polar surface area (TPSA) is 17.1 Å². The van der Waals surface area contributed by atoms with Gasteiger partial charge in [0.25, 0.3) is 0 Å². The molecule has 0 heterocycles. The summed E-state index contributed by atoms with van der Waals surface area (Å²) in [6, 6.07) is 14.1. The Balaban J connectivity index is 2.05. The molecule has 2 aromatic rings. The van der Waals surface area contributed by atoms with Crippen LogP contribution in [0.1, 0.15) is 16.7 Å². The van der Waals surface area contributed by atoms with E-state index in [-0.39, 0.29) is 18.6 Å². The van der Waals surface area contributed by atoms with Gasteiger partial charge >= 0.3 is 6.18 Å². The van der Waals surface area contributed by atoms with Gasteiger partial charge in [-0.15, -0.1) is 0 Å². The number of alkyl halides is 3. The molecule has 4 heteroatoms. The van der Waals surface area contributed by atoms with Crippen LogP contribution >= 0.6 is 0 Å². The SMILES string of the molecule is O=C(Cc1ccccc1)Cc1cccc(C(F)(F)F)c1. The molecule has 0 aliphatic rings. The molecule has 0 unspecified atom stereocenters. The first-order chi connectivity index (χ1) is 9.45. The summed E-state index contributed by atoms with van der Waals surface area (Å²) in [5.41, 5.74) is 0.535. The third-order valence-corrected chi connectivity index (χ3v) is 2.90. The van der Waals surface area contributed by atoms with Gasteiger partial charge in [-0.05, 0) is 17.2 Å². The molecular weight excluding hydrogens is 265 g/mol. The van der Waals surface area contributed by atoms with Crippen LogP contribution in [-0.4, -0.2) is 5.78 Å². The lowest BCUT2D eigenvalue weighted by Gasteiger charge is -2.08. The molecule has 0 amide bonds. The van der Waals surface area contributed by atoms with Crippen LogP contribution in [0, 0.1) is 0 Å². The number of benzene rings is 2. The van der Waals surface area contributed by atoms with Gasteiger partial charge in [0, 0.05) is 12.8 Å². The zero-order chi connectivity index (χ0) is 14.6. The zero-order valence-electron chi connectivity index (χ0n) is 10.7. The number of ketones is 1. The summed E-state index contributed by atoms with van der Waals surface area (Å²) in [4.78, 5) is 11.9. The molecule has 2 rings (SSSR count). The largest absolute Gasteiger partial charge is 0.416 e. The van der Waals surface area contributed by atoms with Crippen LogP contribution < -0.4 is 0 Å². The molecule has 0 bridgehead atoms. The number of halogens is 3. The molecule has 0 radical (unpaired) electrons. The van der Waals surface area contributed by atoms with E-state index in [1.807, 2.05) is 30.3 Å². The van der Waals surface area contributed by atoms with E-state index in [1.54, 1.807) is 0 Å². The van der Waals surface area contributed by atoms with Gasteiger partial charge in [0.05, 0.1) is 5.56 Å². The van der Waals surface area contributed by atoms with Crippen molar-refractivity contribution in [3.63, 3.8) is 0 Å². The fraction of sp³-hybridized carbons (Fsp3) is 0.188. The molecule has 0 saturated carbocycles. The lowest BCUT2D eigenvalue weighted by molar-refractivity contribution is -0.137. The fourth-order valence-electron chi connectivity index (χ4n) is 1.97. The van der Waals surface area contributed by atoms with Crippen LogP contribution in [-0.2, 0) is 23.8 Å². The summed E-state index contributed by atoms with van der Waals surface area (Å²) in [6.07, 6.45) is -4.13. The summed E-state index contributed by atoms with van der Waals surface area (Å²) in [6.45, 7) is 0. The van der Waals surface area contributed by atoms with Crippen molar-refractivity contribution in [2.24, 2.45) is 0 Å². The predicted molar refractivity (Wildman–Crippen MR) is 70.3 cm³/mol. The van der Waals surface area contributed by atoms with Crippen molar-refractivity contribution in [2.75, 3.05) is 0 Å². The summed E-state index contributed by atoms with van der Waals surface area (Å²) < 4.78 is 37.7. The van der Waals surface area contributed by atoms with Gasteiger partial charge in [-0.2, -0.15) is 13.2 Å². The number of hydrogen-bond acceptors (Lipinski definition) is 1. The average Bonchev–Trinajstić information content (AvgIpc) is 2.39. The molecule has 2 aromatic carbocycles. The van der Waals surface area contributed by atoms with Crippen molar-refractivity contribution < 1.29 is 18.0 Å². The molecule has 0 atom stereocenters. The Labute approximate surface area is 115 Å². The molecular formula is C16H13F3O. The van der Waals surface area contributed by atoms with Gasteiger partial charge in [-0.1, -0.05) is 48.5 Å². The standard InChI is InChI=1S/C16H13F3O/c17-16(18,19)14-8-4-7-13(9-14)11-15(20)10-12-5-2-1-3-6-12/h1-9H,10-11H2. The van der Waals surface area contributed by atoms with Crippen LogP contribution in [0.4, 0.5) is 13.2 Å². The van der Waals surface area contributed by atoms with Gasteiger partial charge in [0.15, 0.2) is 0 Å². The lowest BCUT2D eigenvalue weighted by Crippen LogP contribution is -2.09. The maximum Gasteiger partial charge on any atom is 0.416 e. The van der Waals surface area contributed by atoms with E-state index in [2.05, 4.69) is 0 Å². The van der Waals surface area contributed by atoms with E-state index in [0.29, 0.717) is 5.56 Å². The quantitative estimate of drug-likeness (QED) is 0.824. The maximum absolute atomic E-state index is 12.6. The van der Waals surface area contributed by atoms with E-state index in [4.69, 9.17) is 0 Å². The molecule has 0 saturated heterocycles. The van der Waals surface area contributed by atoms with Gasteiger partial charge in [0.1, 0.15) is 5.78 Å². The second kappa shape index (κ2) is 5.90. The van der Waals surface area contributed by atoms with Gasteiger partial charge in [-0.3, -0.25) is 4.79 Å². The third-order valence-electron chi connectivity index (χ3n) is 2.90. The van der Waals surface area contributed by atoms with Crippen LogP contribution in [0.5, 0.6) is 0 Å². The number of hydrogen-bond donors (Lipinski definition) is 0. The summed E-state index contributed by atoms with van der Waals surface area (Å²) in [5, 5.41) is 0. The van der Waals surface area contributed by atoms with Crippen molar-refractivity contribution in [2.45, 2.75) is 19.0 Å². The second-order valence-corrected chi connectivity index (χ2v) is 4.58. The Morgan fingerprint density at radius 3 is 2.10 bits per heavy atom. The highest BCUT2D eigenvalue weighted by molar-refractivity contribution is 5.83. The van der Waals surface area contributed by atoms with E-state index >= 15 is 0 Å². The number of carbonyl (C=O) groups is 1. The lowest BCUT2D eigenvalue weighted by atomic mass is 10.0. The zero-order valence-corrected chi connectivity index (χ0v) is 10.7. The molecule has 0 fully saturated rings. The van der Waals surface area contributed by atoms with Crippen LogP contribution in [0.3, 0.4) is 0 Å². The Bertz CT molecular complexity index is 588. The van der Waals surface area contributed by atoms with E-state index in [9.17, 15) is 18.0 Å². The minimum absolute atomic E-state index is 0.0127. The molecule has 104 valence electrons. The highest BCUT2D eigenvalue weighted by Crippen LogP contribution is 2.29. The number of Topliss-reactive ketones (excluding diaryl/α,β-unsaturated/α-hetero) is 1. The smallest absolute Gasteiger partial charge is 0.299 e. The Kier molecular flexibility index (Phi) is 4.23. The first-order valence-corrected chi connectivity index (χ1v) is 6.17. The van der Waals surface area contributed by atoms with E-state index in [1.165, 1.54) is 12.1 Å². The van der Waals surface area contributed by atoms with Crippen molar-refractivity contribution >= 4 is 5.78 Å². The molecule has 0 aliphatic heterocycles. The second-order valence-electron chi connectivity index (χ2n) is 4.58. The maximum atomic E-state index is 12.6. The van der Waals surface area contributed by atoms with Crippen molar-refractivity contribution in [1.29, 1.82) is 0 Å². The van der Waals surface area contributed by atoms with Gasteiger partial charge in [0.2, 0.25) is 0 Å². The monoisotopic (exact) mass is 278 g/mol. The predicted octanol–water partition coefficient (Wildman–Crippen LogP) is 4.06. The summed E-state index contributed by atoms with van der Waals surface area (Å²) in [7, 11) is 0. The number of rotatable bonds is 4. The van der Waals surface area contributed by atoms with Gasteiger partial charge < -0.3 is 0 Å². The highest BCUT2D eigenvalue weighted by Gasteiger charge is 2.30. The highest BCUT2D eigenvalue weighted by atomic mass is 19.4. The van der Waals surface area contributed by atoms with Crippen LogP contribution in [0.15, 0.2) is 54.6 Å². The minimum Gasteiger partial charge on any atom is -0.299 e. The Morgan fingerprint density at radius 2 is 1.45 bits per heavy atom. The first kappa shape index (κ1) is 14.3. The van der Waals surface area contributed by atoms with Crippen LogP contribution in [0.25, 0.3) is 0 Å². The number of carbonyl (C=O) groups excluding carboxylic acids is 1. The summed E-state index contributed by atoms with van der Waals surface area (Å²) >= 11 is 0. The van der Waals surface area contributed by atoms with Crippen molar-refractivity contribution in [1.82, 2.24) is 0 Å². The van der Waals surface area contributed by atoms with E-state index < -0.39 is 11.7 Å². The molecule has 1 nitrogen and oxygen atoms in total. The summed E-state index contributed by atoms with van der Waals surface area (Å²) in [5.74, 6) is -0.101. The third kappa shape index (κ3) is 3.95.